The van der Waals surface area contributed by atoms with Crippen LogP contribution in [0.5, 0.6) is 0 Å². The van der Waals surface area contributed by atoms with Crippen molar-refractivity contribution in [1.82, 2.24) is 15.3 Å². The molecule has 6 heteroatoms. The van der Waals surface area contributed by atoms with Crippen LogP contribution < -0.4 is 10.6 Å². The average Bonchev–Trinajstić information content (AvgIpc) is 2.62. The number of nitrogens with one attached hydrogen (secondary N) is 2. The van der Waals surface area contributed by atoms with Crippen LogP contribution in [0.15, 0.2) is 36.7 Å². The van der Waals surface area contributed by atoms with E-state index in [9.17, 15) is 9.18 Å². The van der Waals surface area contributed by atoms with Crippen molar-refractivity contribution >= 4 is 11.9 Å². The van der Waals surface area contributed by atoms with Crippen LogP contribution in [0.4, 0.5) is 10.3 Å². The average molecular weight is 328 g/mol. The van der Waals surface area contributed by atoms with Gasteiger partial charge in [0.1, 0.15) is 5.82 Å². The molecule has 1 aliphatic carbocycles. The minimum absolute atomic E-state index is 0.133. The standard InChI is InChI=1S/C18H21FN4O/c19-16-9-5-4-6-13(16)10-20-17(24)14-11-21-18(22-12-14)23-15-7-2-1-3-8-15/h4-6,9,11-12,15H,1-3,7-8,10H2,(H,20,24)(H,21,22,23). The Labute approximate surface area is 140 Å². The number of hydrogen-bond donors (Lipinski definition) is 2. The highest BCUT2D eigenvalue weighted by atomic mass is 19.1. The molecule has 0 radical (unpaired) electrons. The molecule has 0 spiro atoms. The van der Waals surface area contributed by atoms with Crippen molar-refractivity contribution in [2.75, 3.05) is 5.32 Å². The number of amides is 1. The molecule has 1 aromatic carbocycles. The Morgan fingerprint density at radius 1 is 1.12 bits per heavy atom. The molecule has 0 saturated heterocycles. The van der Waals surface area contributed by atoms with Crippen molar-refractivity contribution in [3.8, 4) is 0 Å². The van der Waals surface area contributed by atoms with E-state index in [0.29, 0.717) is 23.1 Å². The minimum Gasteiger partial charge on any atom is -0.351 e. The lowest BCUT2D eigenvalue weighted by Gasteiger charge is -2.22. The molecule has 2 N–H and O–H groups in total. The number of carbonyl (C=O) groups excluding carboxylic acids is 1. The molecule has 1 heterocycles. The number of rotatable bonds is 5. The summed E-state index contributed by atoms with van der Waals surface area (Å²) in [4.78, 5) is 20.5. The van der Waals surface area contributed by atoms with Crippen molar-refractivity contribution in [3.63, 3.8) is 0 Å². The van der Waals surface area contributed by atoms with Gasteiger partial charge in [-0.05, 0) is 18.9 Å². The number of aromatic nitrogens is 2. The molecule has 0 bridgehead atoms. The number of halogens is 1. The molecule has 2 aromatic rings. The second kappa shape index (κ2) is 7.86. The molecule has 1 fully saturated rings. The van der Waals surface area contributed by atoms with E-state index < -0.39 is 0 Å². The number of nitrogens with zero attached hydrogens (tertiary/aromatic N) is 2. The summed E-state index contributed by atoms with van der Waals surface area (Å²) in [6, 6.07) is 6.78. The van der Waals surface area contributed by atoms with Crippen LogP contribution in [0.25, 0.3) is 0 Å². The maximum atomic E-state index is 13.5. The molecule has 0 aliphatic heterocycles. The topological polar surface area (TPSA) is 66.9 Å². The van der Waals surface area contributed by atoms with Crippen LogP contribution in [0.3, 0.4) is 0 Å². The van der Waals surface area contributed by atoms with Crippen LogP contribution in [0.1, 0.15) is 48.0 Å². The lowest BCUT2D eigenvalue weighted by molar-refractivity contribution is 0.0950. The van der Waals surface area contributed by atoms with E-state index in [0.717, 1.165) is 12.8 Å². The third-order valence-electron chi connectivity index (χ3n) is 4.25. The first kappa shape index (κ1) is 16.4. The molecule has 1 saturated carbocycles. The Morgan fingerprint density at radius 2 is 1.83 bits per heavy atom. The Morgan fingerprint density at radius 3 is 2.54 bits per heavy atom. The first-order valence-electron chi connectivity index (χ1n) is 8.32. The quantitative estimate of drug-likeness (QED) is 0.884. The highest BCUT2D eigenvalue weighted by molar-refractivity contribution is 5.93. The summed E-state index contributed by atoms with van der Waals surface area (Å²) in [5, 5.41) is 5.99. The van der Waals surface area contributed by atoms with Gasteiger partial charge in [-0.15, -0.1) is 0 Å². The molecule has 1 amide bonds. The summed E-state index contributed by atoms with van der Waals surface area (Å²) in [5.74, 6) is -0.101. The third-order valence-corrected chi connectivity index (χ3v) is 4.25. The van der Waals surface area contributed by atoms with E-state index in [2.05, 4.69) is 20.6 Å². The Balaban J connectivity index is 1.54. The minimum atomic E-state index is -0.332. The fourth-order valence-corrected chi connectivity index (χ4v) is 2.87. The van der Waals surface area contributed by atoms with E-state index in [1.807, 2.05) is 0 Å². The zero-order chi connectivity index (χ0) is 16.8. The van der Waals surface area contributed by atoms with Crippen LogP contribution in [-0.4, -0.2) is 21.9 Å². The number of anilines is 1. The van der Waals surface area contributed by atoms with Crippen molar-refractivity contribution < 1.29 is 9.18 Å². The van der Waals surface area contributed by atoms with Gasteiger partial charge in [0.05, 0.1) is 5.56 Å². The molecule has 1 aliphatic rings. The highest BCUT2D eigenvalue weighted by Gasteiger charge is 2.14. The second-order valence-corrected chi connectivity index (χ2v) is 6.05. The molecule has 1 aromatic heterocycles. The Hall–Kier alpha value is -2.50. The van der Waals surface area contributed by atoms with Crippen LogP contribution in [0.2, 0.25) is 0 Å². The van der Waals surface area contributed by atoms with Crippen molar-refractivity contribution in [3.05, 3.63) is 53.6 Å². The van der Waals surface area contributed by atoms with E-state index in [1.54, 1.807) is 18.2 Å². The molecule has 0 atom stereocenters. The number of hydrogen-bond acceptors (Lipinski definition) is 4. The van der Waals surface area contributed by atoms with Gasteiger partial charge in [-0.25, -0.2) is 14.4 Å². The van der Waals surface area contributed by atoms with Gasteiger partial charge < -0.3 is 10.6 Å². The van der Waals surface area contributed by atoms with E-state index in [4.69, 9.17) is 0 Å². The smallest absolute Gasteiger partial charge is 0.254 e. The van der Waals surface area contributed by atoms with Crippen molar-refractivity contribution in [2.45, 2.75) is 44.7 Å². The fourth-order valence-electron chi connectivity index (χ4n) is 2.87. The first-order valence-corrected chi connectivity index (χ1v) is 8.32. The third kappa shape index (κ3) is 4.28. The predicted molar refractivity (Wildman–Crippen MR) is 90.1 cm³/mol. The van der Waals surface area contributed by atoms with Crippen LogP contribution in [-0.2, 0) is 6.54 Å². The largest absolute Gasteiger partial charge is 0.351 e. The zero-order valence-corrected chi connectivity index (χ0v) is 13.5. The Bertz CT molecular complexity index is 684. The van der Waals surface area contributed by atoms with Gasteiger partial charge in [-0.2, -0.15) is 0 Å². The molecular weight excluding hydrogens is 307 g/mol. The molecule has 5 nitrogen and oxygen atoms in total. The van der Waals surface area contributed by atoms with Crippen molar-refractivity contribution in [1.29, 1.82) is 0 Å². The van der Waals surface area contributed by atoms with Crippen LogP contribution in [0, 0.1) is 5.82 Å². The predicted octanol–water partition coefficient (Wildman–Crippen LogP) is 3.29. The maximum absolute atomic E-state index is 13.5. The normalized spacial score (nSPS) is 15.0. The number of benzene rings is 1. The summed E-state index contributed by atoms with van der Waals surface area (Å²) >= 11 is 0. The number of carbonyl (C=O) groups is 1. The lowest BCUT2D eigenvalue weighted by Crippen LogP contribution is -2.25. The van der Waals surface area contributed by atoms with Gasteiger partial charge in [0.15, 0.2) is 0 Å². The van der Waals surface area contributed by atoms with Gasteiger partial charge in [-0.3, -0.25) is 4.79 Å². The molecule has 0 unspecified atom stereocenters. The fraction of sp³-hybridized carbons (Fsp3) is 0.389. The summed E-state index contributed by atoms with van der Waals surface area (Å²) in [5.41, 5.74) is 0.808. The molecule has 126 valence electrons. The van der Waals surface area contributed by atoms with E-state index in [-0.39, 0.29) is 18.3 Å². The van der Waals surface area contributed by atoms with Gasteiger partial charge in [0.2, 0.25) is 5.95 Å². The highest BCUT2D eigenvalue weighted by Crippen LogP contribution is 2.20. The lowest BCUT2D eigenvalue weighted by atomic mass is 9.96. The van der Waals surface area contributed by atoms with Crippen molar-refractivity contribution in [2.24, 2.45) is 0 Å². The molecule has 3 rings (SSSR count). The summed E-state index contributed by atoms with van der Waals surface area (Å²) in [6.45, 7) is 0.133. The van der Waals surface area contributed by atoms with E-state index >= 15 is 0 Å². The van der Waals surface area contributed by atoms with Crippen LogP contribution >= 0.6 is 0 Å². The van der Waals surface area contributed by atoms with Gasteiger partial charge in [-0.1, -0.05) is 37.5 Å². The zero-order valence-electron chi connectivity index (χ0n) is 13.5. The molecular formula is C18H21FN4O. The summed E-state index contributed by atoms with van der Waals surface area (Å²) < 4.78 is 13.5. The van der Waals surface area contributed by atoms with E-state index in [1.165, 1.54) is 37.7 Å². The SMILES string of the molecule is O=C(NCc1ccccc1F)c1cnc(NC2CCCCC2)nc1. The first-order chi connectivity index (χ1) is 11.7. The maximum Gasteiger partial charge on any atom is 0.254 e. The second-order valence-electron chi connectivity index (χ2n) is 6.05. The summed E-state index contributed by atoms with van der Waals surface area (Å²) in [6.07, 6.45) is 9.01. The molecule has 24 heavy (non-hydrogen) atoms. The Kier molecular flexibility index (Phi) is 5.36. The van der Waals surface area contributed by atoms with Gasteiger partial charge >= 0.3 is 0 Å². The monoisotopic (exact) mass is 328 g/mol. The van der Waals surface area contributed by atoms with Gasteiger partial charge in [0, 0.05) is 30.5 Å². The summed E-state index contributed by atoms with van der Waals surface area (Å²) in [7, 11) is 0. The van der Waals surface area contributed by atoms with Gasteiger partial charge in [0.25, 0.3) is 5.91 Å².